The Morgan fingerprint density at radius 3 is 1.29 bits per heavy atom. The van der Waals surface area contributed by atoms with Crippen LogP contribution in [0.5, 0.6) is 0 Å². The van der Waals surface area contributed by atoms with E-state index in [4.69, 9.17) is 0 Å². The molecule has 2 unspecified atom stereocenters. The fraction of sp³-hybridized carbons (Fsp3) is 0.766. The van der Waals surface area contributed by atoms with Gasteiger partial charge in [0.1, 0.15) is 0 Å². The Labute approximate surface area is 317 Å². The highest BCUT2D eigenvalue weighted by atomic mass is 16.3. The first-order valence-electron chi connectivity index (χ1n) is 22.0. The van der Waals surface area contributed by atoms with E-state index in [0.29, 0.717) is 6.42 Å². The lowest BCUT2D eigenvalue weighted by molar-refractivity contribution is -0.123. The molecule has 0 rings (SSSR count). The van der Waals surface area contributed by atoms with Crippen molar-refractivity contribution in [3.8, 4) is 0 Å². The van der Waals surface area contributed by atoms with Gasteiger partial charge in [0.05, 0.1) is 18.8 Å². The van der Waals surface area contributed by atoms with E-state index in [-0.39, 0.29) is 12.5 Å². The van der Waals surface area contributed by atoms with Crippen LogP contribution < -0.4 is 5.32 Å². The molecular formula is C47H85NO3. The highest BCUT2D eigenvalue weighted by Gasteiger charge is 2.17. The first-order chi connectivity index (χ1) is 25.2. The molecule has 1 amide bonds. The van der Waals surface area contributed by atoms with E-state index in [9.17, 15) is 15.0 Å². The summed E-state index contributed by atoms with van der Waals surface area (Å²) in [5.74, 6) is -0.0673. The summed E-state index contributed by atoms with van der Waals surface area (Å²) in [5.41, 5.74) is 0. The van der Waals surface area contributed by atoms with Crippen LogP contribution in [0.4, 0.5) is 0 Å². The van der Waals surface area contributed by atoms with E-state index in [0.717, 1.165) is 51.4 Å². The van der Waals surface area contributed by atoms with Crippen LogP contribution >= 0.6 is 0 Å². The highest BCUT2D eigenvalue weighted by Crippen LogP contribution is 2.15. The van der Waals surface area contributed by atoms with E-state index in [1.807, 2.05) is 6.08 Å². The molecule has 0 spiro atoms. The molecule has 0 bridgehead atoms. The molecule has 0 heterocycles. The van der Waals surface area contributed by atoms with Crippen molar-refractivity contribution in [3.63, 3.8) is 0 Å². The molecule has 0 aromatic rings. The quantitative estimate of drug-likeness (QED) is 0.0439. The second kappa shape index (κ2) is 42.5. The normalized spacial score (nSPS) is 13.6. The molecule has 0 aliphatic heterocycles. The second-order valence-electron chi connectivity index (χ2n) is 14.7. The number of carbonyl (C=O) groups excluding carboxylic acids is 1. The molecule has 0 saturated carbocycles. The van der Waals surface area contributed by atoms with Crippen molar-refractivity contribution in [2.75, 3.05) is 6.61 Å². The number of nitrogens with one attached hydrogen (secondary N) is 1. The van der Waals surface area contributed by atoms with Crippen LogP contribution in [-0.2, 0) is 4.79 Å². The molecule has 51 heavy (non-hydrogen) atoms. The summed E-state index contributed by atoms with van der Waals surface area (Å²) in [6.45, 7) is 4.17. The number of allylic oxidation sites excluding steroid dienone is 9. The Hall–Kier alpha value is -1.91. The summed E-state index contributed by atoms with van der Waals surface area (Å²) in [6.07, 6.45) is 59.1. The molecule has 0 saturated heterocycles. The average molecular weight is 712 g/mol. The van der Waals surface area contributed by atoms with Crippen LogP contribution in [0.1, 0.15) is 213 Å². The first-order valence-corrected chi connectivity index (χ1v) is 22.0. The zero-order chi connectivity index (χ0) is 37.1. The minimum absolute atomic E-state index is 0.0673. The number of carbonyl (C=O) groups is 1. The number of hydrogen-bond donors (Lipinski definition) is 3. The third kappa shape index (κ3) is 39.1. The number of hydrogen-bond acceptors (Lipinski definition) is 3. The van der Waals surface area contributed by atoms with Gasteiger partial charge in [-0.25, -0.2) is 0 Å². The first kappa shape index (κ1) is 49.1. The number of amides is 1. The van der Waals surface area contributed by atoms with Crippen LogP contribution in [0.3, 0.4) is 0 Å². The van der Waals surface area contributed by atoms with Gasteiger partial charge in [-0.3, -0.25) is 4.79 Å². The van der Waals surface area contributed by atoms with E-state index >= 15 is 0 Å². The Morgan fingerprint density at radius 2 is 0.863 bits per heavy atom. The van der Waals surface area contributed by atoms with Crippen molar-refractivity contribution in [2.24, 2.45) is 0 Å². The topological polar surface area (TPSA) is 69.6 Å². The predicted octanol–water partition coefficient (Wildman–Crippen LogP) is 13.7. The SMILES string of the molecule is CC/C=C\C/C=C\C/C=C\C/C=C\CCCCCCCCCCCCCCCCCCC(=O)NC(CO)C(O)/C=C/CCCCCCCCCC. The van der Waals surface area contributed by atoms with E-state index in [1.165, 1.54) is 141 Å². The van der Waals surface area contributed by atoms with Gasteiger partial charge in [0.25, 0.3) is 0 Å². The minimum atomic E-state index is -0.837. The number of rotatable bonds is 39. The Kier molecular flexibility index (Phi) is 40.9. The van der Waals surface area contributed by atoms with Crippen molar-refractivity contribution >= 4 is 5.91 Å². The highest BCUT2D eigenvalue weighted by molar-refractivity contribution is 5.76. The Balaban J connectivity index is 3.49. The van der Waals surface area contributed by atoms with Crippen molar-refractivity contribution < 1.29 is 15.0 Å². The molecule has 3 N–H and O–H groups in total. The lowest BCUT2D eigenvalue weighted by atomic mass is 10.0. The Bertz CT molecular complexity index is 858. The molecule has 4 heteroatoms. The second-order valence-corrected chi connectivity index (χ2v) is 14.7. The third-order valence-corrected chi connectivity index (χ3v) is 9.76. The summed E-state index contributed by atoms with van der Waals surface area (Å²) in [6, 6.07) is -0.621. The van der Waals surface area contributed by atoms with Crippen molar-refractivity contribution in [1.29, 1.82) is 0 Å². The summed E-state index contributed by atoms with van der Waals surface area (Å²) in [7, 11) is 0. The van der Waals surface area contributed by atoms with Crippen LogP contribution in [0.2, 0.25) is 0 Å². The molecule has 4 nitrogen and oxygen atoms in total. The monoisotopic (exact) mass is 712 g/mol. The van der Waals surface area contributed by atoms with Gasteiger partial charge in [-0.1, -0.05) is 209 Å². The van der Waals surface area contributed by atoms with E-state index in [1.54, 1.807) is 6.08 Å². The lowest BCUT2D eigenvalue weighted by Gasteiger charge is -2.20. The van der Waals surface area contributed by atoms with Gasteiger partial charge < -0.3 is 15.5 Å². The zero-order valence-corrected chi connectivity index (χ0v) is 33.9. The van der Waals surface area contributed by atoms with E-state index in [2.05, 4.69) is 67.8 Å². The fourth-order valence-electron chi connectivity index (χ4n) is 6.40. The van der Waals surface area contributed by atoms with Crippen molar-refractivity contribution in [3.05, 3.63) is 60.8 Å². The smallest absolute Gasteiger partial charge is 0.220 e. The predicted molar refractivity (Wildman–Crippen MR) is 225 cm³/mol. The molecule has 0 radical (unpaired) electrons. The molecule has 296 valence electrons. The summed E-state index contributed by atoms with van der Waals surface area (Å²) >= 11 is 0. The number of aliphatic hydroxyl groups excluding tert-OH is 2. The van der Waals surface area contributed by atoms with Crippen LogP contribution in [0, 0.1) is 0 Å². The molecule has 0 aromatic heterocycles. The van der Waals surface area contributed by atoms with Crippen molar-refractivity contribution in [1.82, 2.24) is 5.32 Å². The van der Waals surface area contributed by atoms with Crippen LogP contribution in [-0.4, -0.2) is 34.9 Å². The molecule has 0 fully saturated rings. The minimum Gasteiger partial charge on any atom is -0.394 e. The fourth-order valence-corrected chi connectivity index (χ4v) is 6.40. The largest absolute Gasteiger partial charge is 0.394 e. The maximum Gasteiger partial charge on any atom is 0.220 e. The van der Waals surface area contributed by atoms with Gasteiger partial charge >= 0.3 is 0 Å². The molecule has 0 aliphatic carbocycles. The van der Waals surface area contributed by atoms with Gasteiger partial charge in [0, 0.05) is 6.42 Å². The van der Waals surface area contributed by atoms with Gasteiger partial charge in [-0.15, -0.1) is 0 Å². The van der Waals surface area contributed by atoms with Crippen LogP contribution in [0.25, 0.3) is 0 Å². The Morgan fingerprint density at radius 1 is 0.490 bits per heavy atom. The van der Waals surface area contributed by atoms with Gasteiger partial charge in [0.15, 0.2) is 0 Å². The molecule has 0 aromatic carbocycles. The van der Waals surface area contributed by atoms with Gasteiger partial charge in [-0.2, -0.15) is 0 Å². The van der Waals surface area contributed by atoms with E-state index < -0.39 is 12.1 Å². The zero-order valence-electron chi connectivity index (χ0n) is 33.9. The van der Waals surface area contributed by atoms with Crippen molar-refractivity contribution in [2.45, 2.75) is 225 Å². The van der Waals surface area contributed by atoms with Gasteiger partial charge in [0.2, 0.25) is 5.91 Å². The van der Waals surface area contributed by atoms with Crippen LogP contribution in [0.15, 0.2) is 60.8 Å². The molecule has 2 atom stereocenters. The van der Waals surface area contributed by atoms with Gasteiger partial charge in [-0.05, 0) is 57.8 Å². The summed E-state index contributed by atoms with van der Waals surface area (Å²) < 4.78 is 0. The number of aliphatic hydroxyl groups is 2. The maximum absolute atomic E-state index is 12.3. The summed E-state index contributed by atoms with van der Waals surface area (Å²) in [5, 5.41) is 22.9. The third-order valence-electron chi connectivity index (χ3n) is 9.76. The average Bonchev–Trinajstić information content (AvgIpc) is 3.13. The maximum atomic E-state index is 12.3. The molecule has 0 aliphatic rings. The summed E-state index contributed by atoms with van der Waals surface area (Å²) in [4.78, 5) is 12.3. The molecular weight excluding hydrogens is 627 g/mol. The standard InChI is InChI=1S/C47H85NO3/c1-3-5-7-9-11-13-15-16-17-18-19-20-21-22-23-24-25-26-27-28-29-30-31-32-33-35-37-39-41-43-47(51)48-45(44-49)46(50)42-40-38-36-34-14-12-10-8-6-4-2/h5,7,11,13,16-17,19-20,40,42,45-46,49-50H,3-4,6,8-10,12,14-15,18,21-39,41,43-44H2,1-2H3,(H,48,51)/b7-5-,13-11-,17-16-,20-19-,42-40+. The number of unbranched alkanes of at least 4 members (excludes halogenated alkanes) is 24. The lowest BCUT2D eigenvalue weighted by Crippen LogP contribution is -2.45.